The summed E-state index contributed by atoms with van der Waals surface area (Å²) < 4.78 is 0. The lowest BCUT2D eigenvalue weighted by molar-refractivity contribution is 0.0664. The Balaban J connectivity index is 1.27. The number of pyridine rings is 1. The van der Waals surface area contributed by atoms with E-state index in [4.69, 9.17) is 0 Å². The Kier molecular flexibility index (Phi) is 4.59. The van der Waals surface area contributed by atoms with Gasteiger partial charge in [0.25, 0.3) is 5.91 Å². The highest BCUT2D eigenvalue weighted by Gasteiger charge is 2.31. The molecular weight excluding hydrogens is 388 g/mol. The number of benzene rings is 1. The third kappa shape index (κ3) is 3.21. The quantitative estimate of drug-likeness (QED) is 0.669. The number of hydrogen-bond donors (Lipinski definition) is 1. The van der Waals surface area contributed by atoms with Crippen molar-refractivity contribution < 1.29 is 9.59 Å². The Morgan fingerprint density at radius 3 is 2.66 bits per heavy atom. The molecule has 2 aromatic heterocycles. The molecule has 0 saturated carbocycles. The average Bonchev–Trinajstić information content (AvgIpc) is 3.22. The van der Waals surface area contributed by atoms with Gasteiger partial charge in [-0.15, -0.1) is 11.8 Å². The maximum absolute atomic E-state index is 13.1. The summed E-state index contributed by atoms with van der Waals surface area (Å²) in [7, 11) is 0. The highest BCUT2D eigenvalue weighted by molar-refractivity contribution is 7.99. The normalized spacial score (nSPS) is 16.8. The van der Waals surface area contributed by atoms with Crippen molar-refractivity contribution in [2.45, 2.75) is 4.90 Å². The van der Waals surface area contributed by atoms with Crippen molar-refractivity contribution in [3.05, 3.63) is 48.4 Å². The third-order valence-electron chi connectivity index (χ3n) is 5.37. The number of aromatic nitrogens is 3. The van der Waals surface area contributed by atoms with Gasteiger partial charge in [0.05, 0.1) is 17.4 Å². The first-order valence-electron chi connectivity index (χ1n) is 9.58. The minimum absolute atomic E-state index is 0.0168. The first-order chi connectivity index (χ1) is 14.2. The van der Waals surface area contributed by atoms with E-state index in [9.17, 15) is 9.59 Å². The summed E-state index contributed by atoms with van der Waals surface area (Å²) in [5, 5.41) is 7.94. The lowest BCUT2D eigenvalue weighted by Crippen LogP contribution is -2.55. The highest BCUT2D eigenvalue weighted by Crippen LogP contribution is 2.34. The van der Waals surface area contributed by atoms with E-state index in [1.54, 1.807) is 34.0 Å². The molecule has 8 nitrogen and oxygen atoms in total. The Hall–Kier alpha value is -3.07. The number of rotatable bonds is 1. The van der Waals surface area contributed by atoms with Crippen molar-refractivity contribution in [2.75, 3.05) is 43.4 Å². The number of urea groups is 1. The number of carbonyl (C=O) groups is 2. The molecule has 1 fully saturated rings. The molecule has 3 aromatic rings. The van der Waals surface area contributed by atoms with Crippen LogP contribution in [-0.2, 0) is 0 Å². The fourth-order valence-electron chi connectivity index (χ4n) is 3.81. The van der Waals surface area contributed by atoms with Gasteiger partial charge in [-0.25, -0.2) is 4.79 Å². The van der Waals surface area contributed by atoms with E-state index in [1.165, 1.54) is 0 Å². The largest absolute Gasteiger partial charge is 0.334 e. The van der Waals surface area contributed by atoms with Crippen LogP contribution in [0.1, 0.15) is 10.5 Å². The summed E-state index contributed by atoms with van der Waals surface area (Å²) in [5.74, 6) is 0.770. The molecule has 9 heteroatoms. The fraction of sp³-hybridized carbons (Fsp3) is 0.300. The van der Waals surface area contributed by atoms with Crippen LogP contribution in [0.4, 0.5) is 10.5 Å². The van der Waals surface area contributed by atoms with E-state index in [1.807, 2.05) is 35.2 Å². The van der Waals surface area contributed by atoms with E-state index in [0.29, 0.717) is 38.4 Å². The van der Waals surface area contributed by atoms with E-state index in [-0.39, 0.29) is 11.9 Å². The second kappa shape index (κ2) is 7.40. The van der Waals surface area contributed by atoms with Crippen LogP contribution in [0.5, 0.6) is 0 Å². The SMILES string of the molecule is O=C(c1n[nH]c2ccccc12)N1CCN(C(=O)N2CCSc3ccncc32)CC1. The number of anilines is 1. The van der Waals surface area contributed by atoms with E-state index in [2.05, 4.69) is 15.2 Å². The number of H-pyrrole nitrogens is 1. The number of fused-ring (bicyclic) bond motifs is 2. The Morgan fingerprint density at radius 2 is 1.79 bits per heavy atom. The summed E-state index contributed by atoms with van der Waals surface area (Å²) >= 11 is 1.74. The molecule has 0 bridgehead atoms. The number of carbonyl (C=O) groups excluding carboxylic acids is 2. The molecule has 3 amide bonds. The lowest BCUT2D eigenvalue weighted by Gasteiger charge is -2.38. The van der Waals surface area contributed by atoms with Crippen LogP contribution in [0.2, 0.25) is 0 Å². The summed E-state index contributed by atoms with van der Waals surface area (Å²) in [6.07, 6.45) is 3.50. The number of nitrogens with one attached hydrogen (secondary N) is 1. The van der Waals surface area contributed by atoms with Gasteiger partial charge in [-0.1, -0.05) is 18.2 Å². The van der Waals surface area contributed by atoms with Crippen LogP contribution in [0.3, 0.4) is 0 Å². The second-order valence-electron chi connectivity index (χ2n) is 7.02. The predicted octanol–water partition coefficient (Wildman–Crippen LogP) is 2.45. The molecular formula is C20H20N6O2S. The monoisotopic (exact) mass is 408 g/mol. The molecule has 1 aromatic carbocycles. The van der Waals surface area contributed by atoms with Crippen LogP contribution in [0.25, 0.3) is 10.9 Å². The Morgan fingerprint density at radius 1 is 1.00 bits per heavy atom. The summed E-state index contributed by atoms with van der Waals surface area (Å²) in [5.41, 5.74) is 2.16. The zero-order valence-electron chi connectivity index (χ0n) is 15.7. The molecule has 1 saturated heterocycles. The molecule has 0 aliphatic carbocycles. The van der Waals surface area contributed by atoms with Crippen LogP contribution in [0, 0.1) is 0 Å². The maximum Gasteiger partial charge on any atom is 0.324 e. The summed E-state index contributed by atoms with van der Waals surface area (Å²) in [6.45, 7) is 2.67. The topological polar surface area (TPSA) is 85.4 Å². The lowest BCUT2D eigenvalue weighted by atomic mass is 10.2. The summed E-state index contributed by atoms with van der Waals surface area (Å²) in [4.78, 5) is 36.7. The zero-order chi connectivity index (χ0) is 19.8. The molecule has 0 spiro atoms. The minimum atomic E-state index is -0.0986. The fourth-order valence-corrected chi connectivity index (χ4v) is 4.77. The molecule has 148 valence electrons. The number of thioether (sulfide) groups is 1. The molecule has 29 heavy (non-hydrogen) atoms. The molecule has 5 rings (SSSR count). The number of nitrogens with zero attached hydrogens (tertiary/aromatic N) is 5. The van der Waals surface area contributed by atoms with Gasteiger partial charge in [0.15, 0.2) is 5.69 Å². The van der Waals surface area contributed by atoms with Crippen molar-refractivity contribution in [3.63, 3.8) is 0 Å². The highest BCUT2D eigenvalue weighted by atomic mass is 32.2. The summed E-state index contributed by atoms with van der Waals surface area (Å²) in [6, 6.07) is 9.53. The average molecular weight is 408 g/mol. The second-order valence-corrected chi connectivity index (χ2v) is 8.16. The third-order valence-corrected chi connectivity index (χ3v) is 6.41. The number of hydrogen-bond acceptors (Lipinski definition) is 5. The first kappa shape index (κ1) is 18.0. The molecule has 2 aliphatic heterocycles. The van der Waals surface area contributed by atoms with Crippen LogP contribution in [-0.4, -0.2) is 75.4 Å². The van der Waals surface area contributed by atoms with Gasteiger partial charge in [-0.3, -0.25) is 19.8 Å². The van der Waals surface area contributed by atoms with Gasteiger partial charge in [0, 0.05) is 55.0 Å². The van der Waals surface area contributed by atoms with Gasteiger partial charge in [-0.05, 0) is 12.1 Å². The van der Waals surface area contributed by atoms with Gasteiger partial charge >= 0.3 is 6.03 Å². The van der Waals surface area contributed by atoms with Crippen molar-refractivity contribution in [1.29, 1.82) is 0 Å². The molecule has 0 radical (unpaired) electrons. The first-order valence-corrected chi connectivity index (χ1v) is 10.6. The van der Waals surface area contributed by atoms with Crippen LogP contribution >= 0.6 is 11.8 Å². The van der Waals surface area contributed by atoms with Crippen molar-refractivity contribution in [3.8, 4) is 0 Å². The molecule has 0 unspecified atom stereocenters. The van der Waals surface area contributed by atoms with Gasteiger partial charge in [0.1, 0.15) is 0 Å². The number of aromatic amines is 1. The van der Waals surface area contributed by atoms with Gasteiger partial charge in [-0.2, -0.15) is 5.10 Å². The Labute approximate surface area is 171 Å². The maximum atomic E-state index is 13.1. The van der Waals surface area contributed by atoms with Crippen LogP contribution < -0.4 is 4.90 Å². The molecule has 0 atom stereocenters. The van der Waals surface area contributed by atoms with Crippen molar-refractivity contribution in [1.82, 2.24) is 25.0 Å². The van der Waals surface area contributed by atoms with E-state index >= 15 is 0 Å². The smallest absolute Gasteiger partial charge is 0.324 e. The molecule has 2 aliphatic rings. The Bertz CT molecular complexity index is 1080. The molecule has 1 N–H and O–H groups in total. The van der Waals surface area contributed by atoms with E-state index in [0.717, 1.165) is 27.2 Å². The predicted molar refractivity (Wildman–Crippen MR) is 111 cm³/mol. The standard InChI is InChI=1S/C20H20N6O2S/c27-19(18-14-3-1-2-4-15(14)22-23-18)24-7-9-25(10-8-24)20(28)26-11-12-29-17-5-6-21-13-16(17)26/h1-6,13H,7-12H2,(H,22,23). The van der Waals surface area contributed by atoms with Crippen LogP contribution in [0.15, 0.2) is 47.6 Å². The number of piperazine rings is 1. The van der Waals surface area contributed by atoms with Crippen molar-refractivity contribution >= 4 is 40.3 Å². The number of para-hydroxylation sites is 1. The number of amides is 3. The van der Waals surface area contributed by atoms with Gasteiger partial charge < -0.3 is 9.80 Å². The molecule has 4 heterocycles. The van der Waals surface area contributed by atoms with Gasteiger partial charge in [0.2, 0.25) is 0 Å². The van der Waals surface area contributed by atoms with Crippen molar-refractivity contribution in [2.24, 2.45) is 0 Å². The van der Waals surface area contributed by atoms with E-state index < -0.39 is 0 Å². The zero-order valence-corrected chi connectivity index (χ0v) is 16.6. The minimum Gasteiger partial charge on any atom is -0.334 e.